The third-order valence-electron chi connectivity index (χ3n) is 4.08. The average molecular weight is 307 g/mol. The Kier molecular flexibility index (Phi) is 6.19. The summed E-state index contributed by atoms with van der Waals surface area (Å²) in [7, 11) is 1.75. The number of nitrogens with one attached hydrogen (secondary N) is 2. The van der Waals surface area contributed by atoms with Crippen molar-refractivity contribution in [1.29, 1.82) is 0 Å². The van der Waals surface area contributed by atoms with Crippen LogP contribution in [0, 0.1) is 5.82 Å². The lowest BCUT2D eigenvalue weighted by Gasteiger charge is -2.19. The Morgan fingerprint density at radius 2 is 2.09 bits per heavy atom. The largest absolute Gasteiger partial charge is 0.382 e. The molecule has 0 saturated heterocycles. The molecule has 0 unspecified atom stereocenters. The lowest BCUT2D eigenvalue weighted by molar-refractivity contribution is 0.145. The molecule has 0 spiro atoms. The molecule has 1 aromatic rings. The first kappa shape index (κ1) is 16.7. The highest BCUT2D eigenvalue weighted by atomic mass is 19.1. The summed E-state index contributed by atoms with van der Waals surface area (Å²) in [6.45, 7) is 5.01. The lowest BCUT2D eigenvalue weighted by atomic mass is 9.95. The van der Waals surface area contributed by atoms with E-state index in [1.165, 1.54) is 6.07 Å². The number of ether oxygens (including phenoxy) is 1. The molecule has 0 heterocycles. The number of rotatable bonds is 8. The number of hydrogen-bond acceptors (Lipinski definition) is 2. The van der Waals surface area contributed by atoms with Gasteiger partial charge in [0.05, 0.1) is 0 Å². The first-order valence-corrected chi connectivity index (χ1v) is 7.99. The molecule has 0 aromatic heterocycles. The van der Waals surface area contributed by atoms with Gasteiger partial charge in [0.25, 0.3) is 0 Å². The van der Waals surface area contributed by atoms with Crippen LogP contribution in [0.25, 0.3) is 0 Å². The van der Waals surface area contributed by atoms with Crippen molar-refractivity contribution in [3.05, 3.63) is 35.6 Å². The second kappa shape index (κ2) is 8.13. The molecule has 1 fully saturated rings. The number of guanidine groups is 1. The van der Waals surface area contributed by atoms with E-state index in [1.54, 1.807) is 13.1 Å². The molecule has 4 nitrogen and oxygen atoms in total. The highest BCUT2D eigenvalue weighted by Gasteiger charge is 2.45. The SMILES string of the molecule is CCOCCCNC(=NC)NCC1(c2ccccc2F)CC1. The smallest absolute Gasteiger partial charge is 0.191 e. The summed E-state index contributed by atoms with van der Waals surface area (Å²) < 4.78 is 19.3. The molecule has 122 valence electrons. The monoisotopic (exact) mass is 307 g/mol. The third kappa shape index (κ3) is 4.44. The van der Waals surface area contributed by atoms with E-state index in [4.69, 9.17) is 4.74 Å². The van der Waals surface area contributed by atoms with Crippen LogP contribution >= 0.6 is 0 Å². The molecule has 1 aliphatic rings. The standard InChI is InChI=1S/C17H26FN3O/c1-3-22-12-6-11-20-16(19-2)21-13-17(9-10-17)14-7-4-5-8-15(14)18/h4-5,7-8H,3,6,9-13H2,1-2H3,(H2,19,20,21). The van der Waals surface area contributed by atoms with Crippen LogP contribution in [0.3, 0.4) is 0 Å². The van der Waals surface area contributed by atoms with Crippen LogP contribution in [0.1, 0.15) is 31.7 Å². The minimum Gasteiger partial charge on any atom is -0.382 e. The molecule has 0 aliphatic heterocycles. The molecular weight excluding hydrogens is 281 g/mol. The van der Waals surface area contributed by atoms with Crippen molar-refractivity contribution in [1.82, 2.24) is 10.6 Å². The van der Waals surface area contributed by atoms with E-state index in [-0.39, 0.29) is 11.2 Å². The van der Waals surface area contributed by atoms with E-state index < -0.39 is 0 Å². The Hall–Kier alpha value is -1.62. The number of hydrogen-bond donors (Lipinski definition) is 2. The average Bonchev–Trinajstić information content (AvgIpc) is 3.31. The van der Waals surface area contributed by atoms with Crippen LogP contribution in [0.4, 0.5) is 4.39 Å². The second-order valence-electron chi connectivity index (χ2n) is 5.66. The van der Waals surface area contributed by atoms with Crippen LogP contribution in [-0.4, -0.2) is 39.3 Å². The zero-order valence-corrected chi connectivity index (χ0v) is 13.5. The molecule has 22 heavy (non-hydrogen) atoms. The van der Waals surface area contributed by atoms with E-state index >= 15 is 0 Å². The van der Waals surface area contributed by atoms with Crippen molar-refractivity contribution in [2.24, 2.45) is 4.99 Å². The van der Waals surface area contributed by atoms with Crippen molar-refractivity contribution in [3.8, 4) is 0 Å². The van der Waals surface area contributed by atoms with Crippen molar-refractivity contribution >= 4 is 5.96 Å². The summed E-state index contributed by atoms with van der Waals surface area (Å²) in [6.07, 6.45) is 2.97. The van der Waals surface area contributed by atoms with Gasteiger partial charge in [-0.2, -0.15) is 0 Å². The van der Waals surface area contributed by atoms with Crippen LogP contribution in [0.2, 0.25) is 0 Å². The Labute approximate surface area is 132 Å². The van der Waals surface area contributed by atoms with E-state index in [9.17, 15) is 4.39 Å². The molecule has 5 heteroatoms. The fourth-order valence-electron chi connectivity index (χ4n) is 2.58. The van der Waals surface area contributed by atoms with E-state index in [1.807, 2.05) is 19.1 Å². The zero-order valence-electron chi connectivity index (χ0n) is 13.5. The fourth-order valence-corrected chi connectivity index (χ4v) is 2.58. The topological polar surface area (TPSA) is 45.6 Å². The highest BCUT2D eigenvalue weighted by molar-refractivity contribution is 5.79. The predicted octanol–water partition coefficient (Wildman–Crippen LogP) is 2.45. The van der Waals surface area contributed by atoms with Gasteiger partial charge in [-0.05, 0) is 37.8 Å². The van der Waals surface area contributed by atoms with Gasteiger partial charge in [0.1, 0.15) is 5.82 Å². The van der Waals surface area contributed by atoms with Gasteiger partial charge >= 0.3 is 0 Å². The first-order chi connectivity index (χ1) is 10.7. The van der Waals surface area contributed by atoms with Gasteiger partial charge in [-0.25, -0.2) is 4.39 Å². The Balaban J connectivity index is 1.80. The summed E-state index contributed by atoms with van der Waals surface area (Å²) >= 11 is 0. The zero-order chi connectivity index (χ0) is 15.8. The summed E-state index contributed by atoms with van der Waals surface area (Å²) in [5.41, 5.74) is 0.739. The Morgan fingerprint density at radius 3 is 2.73 bits per heavy atom. The molecule has 0 atom stereocenters. The molecule has 0 radical (unpaired) electrons. The molecule has 2 rings (SSSR count). The molecule has 1 saturated carbocycles. The minimum absolute atomic E-state index is 0.0751. The van der Waals surface area contributed by atoms with Crippen LogP contribution in [-0.2, 0) is 10.2 Å². The maximum absolute atomic E-state index is 14.0. The van der Waals surface area contributed by atoms with Gasteiger partial charge in [-0.3, -0.25) is 4.99 Å². The summed E-state index contributed by atoms with van der Waals surface area (Å²) in [5, 5.41) is 6.58. The van der Waals surface area contributed by atoms with Gasteiger partial charge in [0.2, 0.25) is 0 Å². The van der Waals surface area contributed by atoms with E-state index in [0.29, 0.717) is 6.54 Å². The quantitative estimate of drug-likeness (QED) is 0.440. The normalized spacial score (nSPS) is 16.4. The molecule has 2 N–H and O–H groups in total. The fraction of sp³-hybridized carbons (Fsp3) is 0.588. The summed E-state index contributed by atoms with van der Waals surface area (Å²) in [6, 6.07) is 7.07. The third-order valence-corrected chi connectivity index (χ3v) is 4.08. The summed E-state index contributed by atoms with van der Waals surface area (Å²) in [5.74, 6) is 0.653. The molecule has 0 amide bonds. The number of halogens is 1. The molecule has 1 aromatic carbocycles. The van der Waals surface area contributed by atoms with E-state index in [2.05, 4.69) is 15.6 Å². The molecular formula is C17H26FN3O. The van der Waals surface area contributed by atoms with E-state index in [0.717, 1.165) is 50.5 Å². The Morgan fingerprint density at radius 1 is 1.32 bits per heavy atom. The number of benzene rings is 1. The highest BCUT2D eigenvalue weighted by Crippen LogP contribution is 2.48. The van der Waals surface area contributed by atoms with Gasteiger partial charge in [-0.1, -0.05) is 18.2 Å². The van der Waals surface area contributed by atoms with Crippen molar-refractivity contribution < 1.29 is 9.13 Å². The van der Waals surface area contributed by atoms with Crippen molar-refractivity contribution in [2.45, 2.75) is 31.6 Å². The summed E-state index contributed by atoms with van der Waals surface area (Å²) in [4.78, 5) is 4.21. The molecule has 0 bridgehead atoms. The number of aliphatic imine (C=N–C) groups is 1. The first-order valence-electron chi connectivity index (χ1n) is 7.99. The Bertz CT molecular complexity index is 500. The lowest BCUT2D eigenvalue weighted by Crippen LogP contribution is -2.41. The maximum Gasteiger partial charge on any atom is 0.191 e. The maximum atomic E-state index is 14.0. The van der Waals surface area contributed by atoms with Crippen molar-refractivity contribution in [2.75, 3.05) is 33.4 Å². The van der Waals surface area contributed by atoms with Gasteiger partial charge in [-0.15, -0.1) is 0 Å². The van der Waals surface area contributed by atoms with Gasteiger partial charge in [0.15, 0.2) is 5.96 Å². The van der Waals surface area contributed by atoms with Gasteiger partial charge in [0, 0.05) is 38.8 Å². The van der Waals surface area contributed by atoms with Crippen LogP contribution in [0.5, 0.6) is 0 Å². The predicted molar refractivity (Wildman–Crippen MR) is 87.8 cm³/mol. The minimum atomic E-state index is -0.110. The van der Waals surface area contributed by atoms with Gasteiger partial charge < -0.3 is 15.4 Å². The second-order valence-corrected chi connectivity index (χ2v) is 5.66. The van der Waals surface area contributed by atoms with Crippen LogP contribution in [0.15, 0.2) is 29.3 Å². The molecule has 1 aliphatic carbocycles. The van der Waals surface area contributed by atoms with Crippen molar-refractivity contribution in [3.63, 3.8) is 0 Å². The van der Waals surface area contributed by atoms with Crippen LogP contribution < -0.4 is 10.6 Å². The number of nitrogens with zero attached hydrogens (tertiary/aromatic N) is 1.